The quantitative estimate of drug-likeness (QED) is 0.608. The van der Waals surface area contributed by atoms with Gasteiger partial charge in [-0.15, -0.1) is 11.3 Å². The van der Waals surface area contributed by atoms with Gasteiger partial charge in [0.1, 0.15) is 4.88 Å². The van der Waals surface area contributed by atoms with Crippen LogP contribution >= 0.6 is 11.3 Å². The fourth-order valence-electron chi connectivity index (χ4n) is 3.57. The molecule has 0 aliphatic carbocycles. The molecule has 0 saturated carbocycles. The molecule has 1 heterocycles. The number of benzene rings is 2. The molecular weight excluding hydrogens is 360 g/mol. The van der Waals surface area contributed by atoms with Gasteiger partial charge in [-0.25, -0.2) is 9.59 Å². The molecule has 0 amide bonds. The highest BCUT2D eigenvalue weighted by Gasteiger charge is 2.16. The maximum Gasteiger partial charge on any atom is 0.345 e. The van der Waals surface area contributed by atoms with Gasteiger partial charge in [-0.1, -0.05) is 24.3 Å². The van der Waals surface area contributed by atoms with Crippen LogP contribution in [0.15, 0.2) is 36.4 Å². The molecule has 0 unspecified atom stereocenters. The number of carbonyl (C=O) groups is 2. The average molecular weight is 380 g/mol. The van der Waals surface area contributed by atoms with E-state index in [1.54, 1.807) is 6.07 Å². The topological polar surface area (TPSA) is 74.6 Å². The van der Waals surface area contributed by atoms with E-state index in [1.165, 1.54) is 11.3 Å². The Hall–Kier alpha value is -2.92. The number of carboxylic acid groups (broad SMARTS) is 2. The first-order valence-electron chi connectivity index (χ1n) is 8.48. The summed E-state index contributed by atoms with van der Waals surface area (Å²) in [5, 5.41) is 18.5. The Morgan fingerprint density at radius 3 is 1.63 bits per heavy atom. The monoisotopic (exact) mass is 380 g/mol. The Balaban J connectivity index is 2.10. The van der Waals surface area contributed by atoms with Crippen molar-refractivity contribution in [2.24, 2.45) is 0 Å². The SMILES string of the molecule is Cc1cc(-c2cc(C)c(-c3ccc(C(=O)O)s3)c(C)c2)cc(C)c1C(=O)O. The zero-order valence-electron chi connectivity index (χ0n) is 15.6. The first-order chi connectivity index (χ1) is 12.7. The van der Waals surface area contributed by atoms with Gasteiger partial charge in [-0.2, -0.15) is 0 Å². The summed E-state index contributed by atoms with van der Waals surface area (Å²) in [6.07, 6.45) is 0. The molecule has 0 aliphatic rings. The van der Waals surface area contributed by atoms with Gasteiger partial charge >= 0.3 is 11.9 Å². The van der Waals surface area contributed by atoms with E-state index in [0.29, 0.717) is 10.4 Å². The summed E-state index contributed by atoms with van der Waals surface area (Å²) >= 11 is 1.27. The van der Waals surface area contributed by atoms with Crippen LogP contribution in [0.25, 0.3) is 21.6 Å². The first-order valence-corrected chi connectivity index (χ1v) is 9.30. The van der Waals surface area contributed by atoms with E-state index in [0.717, 1.165) is 43.8 Å². The standard InChI is InChI=1S/C22H20O4S/c1-11-7-15(16-9-13(3)20(22(25)26)14(4)10-16)8-12(2)19(11)17-5-6-18(27-17)21(23)24/h5-10H,1-4H3,(H,23,24)(H,25,26). The van der Waals surface area contributed by atoms with Gasteiger partial charge in [0.25, 0.3) is 0 Å². The predicted octanol–water partition coefficient (Wildman–Crippen LogP) is 5.71. The molecule has 27 heavy (non-hydrogen) atoms. The predicted molar refractivity (Wildman–Crippen MR) is 108 cm³/mol. The molecular formula is C22H20O4S. The second-order valence-corrected chi connectivity index (χ2v) is 7.83. The van der Waals surface area contributed by atoms with Crippen molar-refractivity contribution in [3.8, 4) is 21.6 Å². The highest BCUT2D eigenvalue weighted by Crippen LogP contribution is 2.36. The summed E-state index contributed by atoms with van der Waals surface area (Å²) in [4.78, 5) is 23.8. The van der Waals surface area contributed by atoms with E-state index < -0.39 is 11.9 Å². The third-order valence-corrected chi connectivity index (χ3v) is 5.77. The second-order valence-electron chi connectivity index (χ2n) is 6.74. The minimum Gasteiger partial charge on any atom is -0.478 e. The van der Waals surface area contributed by atoms with Crippen molar-refractivity contribution in [1.29, 1.82) is 0 Å². The highest BCUT2D eigenvalue weighted by molar-refractivity contribution is 7.17. The van der Waals surface area contributed by atoms with E-state index in [1.807, 2.05) is 45.9 Å². The molecule has 2 aromatic carbocycles. The van der Waals surface area contributed by atoms with Gasteiger partial charge in [0.2, 0.25) is 0 Å². The van der Waals surface area contributed by atoms with Gasteiger partial charge in [-0.05, 0) is 78.8 Å². The lowest BCUT2D eigenvalue weighted by Gasteiger charge is -2.14. The second kappa shape index (κ2) is 7.00. The van der Waals surface area contributed by atoms with Gasteiger partial charge in [0.05, 0.1) is 5.56 Å². The summed E-state index contributed by atoms with van der Waals surface area (Å²) in [6.45, 7) is 7.65. The molecule has 3 rings (SSSR count). The van der Waals surface area contributed by atoms with Crippen molar-refractivity contribution in [2.75, 3.05) is 0 Å². The van der Waals surface area contributed by atoms with Gasteiger partial charge in [0.15, 0.2) is 0 Å². The molecule has 1 aromatic heterocycles. The van der Waals surface area contributed by atoms with Crippen molar-refractivity contribution in [3.05, 3.63) is 69.1 Å². The number of carboxylic acids is 2. The van der Waals surface area contributed by atoms with Crippen LogP contribution in [-0.4, -0.2) is 22.2 Å². The van der Waals surface area contributed by atoms with E-state index in [9.17, 15) is 14.7 Å². The molecule has 0 spiro atoms. The minimum atomic E-state index is -0.914. The fourth-order valence-corrected chi connectivity index (χ4v) is 4.59. The van der Waals surface area contributed by atoms with Crippen molar-refractivity contribution >= 4 is 23.3 Å². The Morgan fingerprint density at radius 1 is 0.741 bits per heavy atom. The number of hydrogen-bond donors (Lipinski definition) is 2. The zero-order valence-corrected chi connectivity index (χ0v) is 16.4. The van der Waals surface area contributed by atoms with Crippen LogP contribution in [0.3, 0.4) is 0 Å². The van der Waals surface area contributed by atoms with E-state index in [-0.39, 0.29) is 0 Å². The molecule has 0 saturated heterocycles. The Bertz CT molecular complexity index is 1030. The van der Waals surface area contributed by atoms with Crippen LogP contribution in [0.5, 0.6) is 0 Å². The van der Waals surface area contributed by atoms with E-state index in [4.69, 9.17) is 5.11 Å². The van der Waals surface area contributed by atoms with Crippen LogP contribution in [0.2, 0.25) is 0 Å². The molecule has 2 N–H and O–H groups in total. The molecule has 4 nitrogen and oxygen atoms in total. The molecule has 0 bridgehead atoms. The van der Waals surface area contributed by atoms with E-state index >= 15 is 0 Å². The number of thiophene rings is 1. The summed E-state index contributed by atoms with van der Waals surface area (Å²) in [5.74, 6) is -1.83. The Morgan fingerprint density at radius 2 is 1.22 bits per heavy atom. The molecule has 5 heteroatoms. The summed E-state index contributed by atoms with van der Waals surface area (Å²) in [6, 6.07) is 11.4. The lowest BCUT2D eigenvalue weighted by atomic mass is 9.91. The molecule has 3 aromatic rings. The van der Waals surface area contributed by atoms with Gasteiger partial charge < -0.3 is 10.2 Å². The normalized spacial score (nSPS) is 10.8. The average Bonchev–Trinajstić information content (AvgIpc) is 3.02. The Labute approximate surface area is 161 Å². The smallest absolute Gasteiger partial charge is 0.345 e. The van der Waals surface area contributed by atoms with Crippen molar-refractivity contribution in [2.45, 2.75) is 27.7 Å². The maximum atomic E-state index is 11.4. The third kappa shape index (κ3) is 3.51. The van der Waals surface area contributed by atoms with Crippen molar-refractivity contribution in [3.63, 3.8) is 0 Å². The molecule has 0 atom stereocenters. The van der Waals surface area contributed by atoms with Crippen LogP contribution in [-0.2, 0) is 0 Å². The van der Waals surface area contributed by atoms with Crippen molar-refractivity contribution < 1.29 is 19.8 Å². The number of rotatable bonds is 4. The molecule has 138 valence electrons. The lowest BCUT2D eigenvalue weighted by molar-refractivity contribution is 0.0687. The number of aryl methyl sites for hydroxylation is 4. The van der Waals surface area contributed by atoms with Crippen molar-refractivity contribution in [1.82, 2.24) is 0 Å². The van der Waals surface area contributed by atoms with Gasteiger partial charge in [-0.3, -0.25) is 0 Å². The van der Waals surface area contributed by atoms with E-state index in [2.05, 4.69) is 12.1 Å². The highest BCUT2D eigenvalue weighted by atomic mass is 32.1. The number of aromatic carboxylic acids is 2. The van der Waals surface area contributed by atoms with Crippen LogP contribution < -0.4 is 0 Å². The third-order valence-electron chi connectivity index (χ3n) is 4.68. The largest absolute Gasteiger partial charge is 0.478 e. The summed E-state index contributed by atoms with van der Waals surface area (Å²) in [7, 11) is 0. The lowest BCUT2D eigenvalue weighted by Crippen LogP contribution is -2.03. The first kappa shape index (κ1) is 18.9. The van der Waals surface area contributed by atoms with Crippen LogP contribution in [0.4, 0.5) is 0 Å². The maximum absolute atomic E-state index is 11.4. The summed E-state index contributed by atoms with van der Waals surface area (Å²) < 4.78 is 0. The van der Waals surface area contributed by atoms with Crippen LogP contribution in [0, 0.1) is 27.7 Å². The van der Waals surface area contributed by atoms with Gasteiger partial charge in [0, 0.05) is 4.88 Å². The molecule has 0 aliphatic heterocycles. The Kier molecular flexibility index (Phi) is 4.89. The molecule has 0 radical (unpaired) electrons. The van der Waals surface area contributed by atoms with Crippen LogP contribution in [0.1, 0.15) is 42.3 Å². The zero-order chi connectivity index (χ0) is 19.9. The minimum absolute atomic E-state index is 0.323. The number of hydrogen-bond acceptors (Lipinski definition) is 3. The summed E-state index contributed by atoms with van der Waals surface area (Å²) in [5.41, 5.74) is 6.98. The fraction of sp³-hybridized carbons (Fsp3) is 0.182. The molecule has 0 fully saturated rings.